The van der Waals surface area contributed by atoms with Gasteiger partial charge in [0.15, 0.2) is 5.78 Å². The first-order chi connectivity index (χ1) is 14.4. The number of hydrogen-bond donors (Lipinski definition) is 0. The quantitative estimate of drug-likeness (QED) is 0.425. The van der Waals surface area contributed by atoms with Crippen LogP contribution in [-0.4, -0.2) is 35.3 Å². The van der Waals surface area contributed by atoms with Crippen LogP contribution in [0.15, 0.2) is 55.1 Å². The minimum absolute atomic E-state index is 0.0979. The van der Waals surface area contributed by atoms with Crippen molar-refractivity contribution in [2.24, 2.45) is 13.0 Å². The molecule has 0 unspecified atom stereocenters. The van der Waals surface area contributed by atoms with Gasteiger partial charge in [-0.25, -0.2) is 14.6 Å². The SMILES string of the molecule is CC(C)CC(=O)c1ccc(-n2cnc(-c3c(-c4ccccc4Cl)nnn3C)c2)nc1. The Morgan fingerprint density at radius 3 is 2.63 bits per heavy atom. The number of carbonyl (C=O) groups is 1. The summed E-state index contributed by atoms with van der Waals surface area (Å²) in [5.74, 6) is 1.08. The fraction of sp³-hybridized carbons (Fsp3) is 0.227. The van der Waals surface area contributed by atoms with E-state index in [4.69, 9.17) is 11.6 Å². The molecule has 0 bridgehead atoms. The average Bonchev–Trinajstić information content (AvgIpc) is 3.34. The Kier molecular flexibility index (Phi) is 5.46. The molecule has 0 aliphatic rings. The minimum atomic E-state index is 0.0979. The van der Waals surface area contributed by atoms with Crippen LogP contribution < -0.4 is 0 Å². The number of ketones is 1. The first-order valence-corrected chi connectivity index (χ1v) is 10.0. The highest BCUT2D eigenvalue weighted by Crippen LogP contribution is 2.33. The Morgan fingerprint density at radius 1 is 1.13 bits per heavy atom. The third-order valence-electron chi connectivity index (χ3n) is 4.71. The van der Waals surface area contributed by atoms with Crippen LogP contribution in [0.25, 0.3) is 28.5 Å². The number of rotatable bonds is 6. The largest absolute Gasteiger partial charge is 0.294 e. The zero-order chi connectivity index (χ0) is 21.3. The van der Waals surface area contributed by atoms with Gasteiger partial charge in [0.25, 0.3) is 0 Å². The zero-order valence-electron chi connectivity index (χ0n) is 17.0. The maximum atomic E-state index is 12.2. The maximum Gasteiger partial charge on any atom is 0.164 e. The zero-order valence-corrected chi connectivity index (χ0v) is 17.7. The van der Waals surface area contributed by atoms with Crippen LogP contribution in [0.3, 0.4) is 0 Å². The van der Waals surface area contributed by atoms with Crippen molar-refractivity contribution in [3.63, 3.8) is 0 Å². The van der Waals surface area contributed by atoms with Gasteiger partial charge in [-0.2, -0.15) is 0 Å². The van der Waals surface area contributed by atoms with Gasteiger partial charge in [0.05, 0.1) is 5.02 Å². The number of benzene rings is 1. The molecule has 4 aromatic rings. The Labute approximate surface area is 179 Å². The van der Waals surface area contributed by atoms with Crippen molar-refractivity contribution in [1.82, 2.24) is 29.5 Å². The van der Waals surface area contributed by atoms with Crippen molar-refractivity contribution in [1.29, 1.82) is 0 Å². The molecule has 0 amide bonds. The molecule has 0 N–H and O–H groups in total. The van der Waals surface area contributed by atoms with E-state index in [9.17, 15) is 4.79 Å². The van der Waals surface area contributed by atoms with Crippen molar-refractivity contribution in [3.8, 4) is 28.5 Å². The monoisotopic (exact) mass is 420 g/mol. The van der Waals surface area contributed by atoms with Crippen molar-refractivity contribution < 1.29 is 4.79 Å². The van der Waals surface area contributed by atoms with Crippen LogP contribution in [0.2, 0.25) is 5.02 Å². The number of aryl methyl sites for hydroxylation is 1. The lowest BCUT2D eigenvalue weighted by Crippen LogP contribution is -2.05. The number of Topliss-reactive ketones (excluding diaryl/α,β-unsaturated/α-hetero) is 1. The van der Waals surface area contributed by atoms with Gasteiger partial charge in [0.1, 0.15) is 29.2 Å². The second-order valence-electron chi connectivity index (χ2n) is 7.48. The molecule has 30 heavy (non-hydrogen) atoms. The first-order valence-electron chi connectivity index (χ1n) is 9.62. The number of pyridine rings is 1. The van der Waals surface area contributed by atoms with Crippen LogP contribution in [0.1, 0.15) is 30.6 Å². The number of carbonyl (C=O) groups excluding carboxylic acids is 1. The molecule has 7 nitrogen and oxygen atoms in total. The van der Waals surface area contributed by atoms with Gasteiger partial charge in [-0.05, 0) is 24.1 Å². The predicted molar refractivity (Wildman–Crippen MR) is 116 cm³/mol. The molecule has 0 saturated heterocycles. The number of aromatic nitrogens is 6. The summed E-state index contributed by atoms with van der Waals surface area (Å²) in [6.45, 7) is 4.05. The third kappa shape index (κ3) is 3.89. The predicted octanol–water partition coefficient (Wildman–Crippen LogP) is 4.61. The van der Waals surface area contributed by atoms with E-state index in [1.54, 1.807) is 27.8 Å². The van der Waals surface area contributed by atoms with Crippen LogP contribution in [0, 0.1) is 5.92 Å². The fourth-order valence-corrected chi connectivity index (χ4v) is 3.47. The highest BCUT2D eigenvalue weighted by Gasteiger charge is 2.19. The molecule has 0 radical (unpaired) electrons. The highest BCUT2D eigenvalue weighted by molar-refractivity contribution is 6.33. The van der Waals surface area contributed by atoms with Crippen LogP contribution in [0.5, 0.6) is 0 Å². The lowest BCUT2D eigenvalue weighted by molar-refractivity contribution is 0.0967. The van der Waals surface area contributed by atoms with Gasteiger partial charge in [-0.1, -0.05) is 48.9 Å². The summed E-state index contributed by atoms with van der Waals surface area (Å²) in [4.78, 5) is 21.2. The van der Waals surface area contributed by atoms with E-state index in [2.05, 4.69) is 20.3 Å². The average molecular weight is 421 g/mol. The molecular formula is C22H21ClN6O. The van der Waals surface area contributed by atoms with Crippen LogP contribution in [-0.2, 0) is 7.05 Å². The van der Waals surface area contributed by atoms with Gasteiger partial charge >= 0.3 is 0 Å². The van der Waals surface area contributed by atoms with Gasteiger partial charge in [0, 0.05) is 37.0 Å². The van der Waals surface area contributed by atoms with Gasteiger partial charge in [-0.15, -0.1) is 5.10 Å². The van der Waals surface area contributed by atoms with Crippen molar-refractivity contribution in [2.75, 3.05) is 0 Å². The number of halogens is 1. The summed E-state index contributed by atoms with van der Waals surface area (Å²) in [6.07, 6.45) is 5.66. The van der Waals surface area contributed by atoms with Gasteiger partial charge in [-0.3, -0.25) is 9.36 Å². The summed E-state index contributed by atoms with van der Waals surface area (Å²) < 4.78 is 3.47. The second kappa shape index (κ2) is 8.20. The number of nitrogens with zero attached hydrogens (tertiary/aromatic N) is 6. The molecule has 1 aromatic carbocycles. The molecule has 3 aromatic heterocycles. The Bertz CT molecular complexity index is 1190. The van der Waals surface area contributed by atoms with Crippen molar-refractivity contribution >= 4 is 17.4 Å². The lowest BCUT2D eigenvalue weighted by Gasteiger charge is -2.05. The van der Waals surface area contributed by atoms with Crippen LogP contribution >= 0.6 is 11.6 Å². The van der Waals surface area contributed by atoms with E-state index < -0.39 is 0 Å². The molecule has 152 valence electrons. The molecule has 0 saturated carbocycles. The highest BCUT2D eigenvalue weighted by atomic mass is 35.5. The first kappa shape index (κ1) is 20.0. The van der Waals surface area contributed by atoms with Crippen molar-refractivity contribution in [2.45, 2.75) is 20.3 Å². The molecule has 8 heteroatoms. The number of imidazole rings is 1. The van der Waals surface area contributed by atoms with Gasteiger partial charge < -0.3 is 0 Å². The van der Waals surface area contributed by atoms with Crippen LogP contribution in [0.4, 0.5) is 0 Å². The van der Waals surface area contributed by atoms with E-state index in [1.807, 2.05) is 57.4 Å². The number of hydrogen-bond acceptors (Lipinski definition) is 5. The summed E-state index contributed by atoms with van der Waals surface area (Å²) in [5, 5.41) is 9.04. The molecule has 4 rings (SSSR count). The molecule has 0 aliphatic heterocycles. The standard InChI is InChI=1S/C22H21ClN6O/c1-14(2)10-19(30)15-8-9-20(24-11-15)29-12-18(25-13-29)22-21(26-27-28(22)3)16-6-4-5-7-17(16)23/h4-9,11-14H,10H2,1-3H3. The molecule has 0 atom stereocenters. The Morgan fingerprint density at radius 2 is 1.93 bits per heavy atom. The molecule has 0 fully saturated rings. The lowest BCUT2D eigenvalue weighted by atomic mass is 10.0. The Balaban J connectivity index is 1.65. The smallest absolute Gasteiger partial charge is 0.164 e. The van der Waals surface area contributed by atoms with Gasteiger partial charge in [0.2, 0.25) is 0 Å². The molecule has 0 aliphatic carbocycles. The second-order valence-corrected chi connectivity index (χ2v) is 7.89. The molecule has 0 spiro atoms. The van der Waals surface area contributed by atoms with Crippen molar-refractivity contribution in [3.05, 3.63) is 65.7 Å². The molecular weight excluding hydrogens is 400 g/mol. The molecule has 3 heterocycles. The van der Waals surface area contributed by atoms with E-state index in [-0.39, 0.29) is 5.78 Å². The summed E-state index contributed by atoms with van der Waals surface area (Å²) >= 11 is 6.36. The topological polar surface area (TPSA) is 78.5 Å². The summed E-state index contributed by atoms with van der Waals surface area (Å²) in [6, 6.07) is 11.1. The van der Waals surface area contributed by atoms with E-state index in [0.29, 0.717) is 40.1 Å². The summed E-state index contributed by atoms with van der Waals surface area (Å²) in [5.41, 5.74) is 3.52. The maximum absolute atomic E-state index is 12.2. The Hall–Kier alpha value is -3.32. The van der Waals surface area contributed by atoms with E-state index in [1.165, 1.54) is 0 Å². The van der Waals surface area contributed by atoms with E-state index in [0.717, 1.165) is 11.3 Å². The third-order valence-corrected chi connectivity index (χ3v) is 5.04. The fourth-order valence-electron chi connectivity index (χ4n) is 3.24. The summed E-state index contributed by atoms with van der Waals surface area (Å²) in [7, 11) is 1.81. The minimum Gasteiger partial charge on any atom is -0.294 e. The normalized spacial score (nSPS) is 11.2. The van der Waals surface area contributed by atoms with E-state index >= 15 is 0 Å².